The zero-order chi connectivity index (χ0) is 13.7. The number of hydrogen-bond acceptors (Lipinski definition) is 4. The molecular weight excluding hydrogens is 251 g/mol. The Morgan fingerprint density at radius 3 is 3.11 bits per heavy atom. The number of carbonyl (C=O) groups excluding carboxylic acids is 1. The Morgan fingerprint density at radius 2 is 2.42 bits per heavy atom. The quantitative estimate of drug-likeness (QED) is 0.794. The van der Waals surface area contributed by atoms with Gasteiger partial charge in [0.25, 0.3) is 0 Å². The molecule has 6 heteroatoms. The van der Waals surface area contributed by atoms with Gasteiger partial charge in [-0.25, -0.2) is 4.39 Å². The highest BCUT2D eigenvalue weighted by molar-refractivity contribution is 5.94. The van der Waals surface area contributed by atoms with E-state index in [2.05, 4.69) is 5.32 Å². The number of halogens is 1. The Balaban J connectivity index is 1.74. The number of hydrogen-bond donors (Lipinski definition) is 2. The summed E-state index contributed by atoms with van der Waals surface area (Å²) in [7, 11) is 0. The number of amides is 1. The zero-order valence-corrected chi connectivity index (χ0v) is 10.5. The second kappa shape index (κ2) is 6.49. The molecule has 1 aromatic carbocycles. The fourth-order valence-electron chi connectivity index (χ4n) is 1.89. The fraction of sp³-hybridized carbons (Fsp3) is 0.462. The van der Waals surface area contributed by atoms with Gasteiger partial charge in [-0.15, -0.1) is 0 Å². The zero-order valence-electron chi connectivity index (χ0n) is 10.5. The molecule has 0 aromatic heterocycles. The Hall–Kier alpha value is -1.66. The second-order valence-electron chi connectivity index (χ2n) is 4.43. The molecule has 1 saturated heterocycles. The van der Waals surface area contributed by atoms with Gasteiger partial charge in [-0.05, 0) is 31.0 Å². The third kappa shape index (κ3) is 4.18. The Kier molecular flexibility index (Phi) is 4.70. The predicted octanol–water partition coefficient (Wildman–Crippen LogP) is 1.54. The van der Waals surface area contributed by atoms with Crippen molar-refractivity contribution in [2.75, 3.05) is 30.9 Å². The van der Waals surface area contributed by atoms with E-state index < -0.39 is 5.82 Å². The summed E-state index contributed by atoms with van der Waals surface area (Å²) in [6, 6.07) is 3.81. The van der Waals surface area contributed by atoms with E-state index in [0.29, 0.717) is 12.3 Å². The normalized spacial score (nSPS) is 18.5. The molecule has 1 aliphatic rings. The minimum atomic E-state index is -0.440. The van der Waals surface area contributed by atoms with Crippen molar-refractivity contribution in [2.45, 2.75) is 18.9 Å². The first kappa shape index (κ1) is 13.8. The third-order valence-corrected chi connectivity index (χ3v) is 2.85. The molecule has 1 unspecified atom stereocenters. The van der Waals surface area contributed by atoms with Crippen LogP contribution in [0.25, 0.3) is 0 Å². The number of rotatable bonds is 5. The van der Waals surface area contributed by atoms with Gasteiger partial charge >= 0.3 is 0 Å². The monoisotopic (exact) mass is 268 g/mol. The van der Waals surface area contributed by atoms with Crippen molar-refractivity contribution in [3.63, 3.8) is 0 Å². The number of nitrogen functional groups attached to an aromatic ring is 1. The molecule has 0 spiro atoms. The van der Waals surface area contributed by atoms with E-state index in [0.717, 1.165) is 25.5 Å². The van der Waals surface area contributed by atoms with E-state index >= 15 is 0 Å². The lowest BCUT2D eigenvalue weighted by Gasteiger charge is -2.11. The van der Waals surface area contributed by atoms with Gasteiger partial charge < -0.3 is 20.5 Å². The average Bonchev–Trinajstić information content (AvgIpc) is 2.86. The van der Waals surface area contributed by atoms with Crippen LogP contribution in [0.1, 0.15) is 12.8 Å². The molecule has 0 radical (unpaired) electrons. The van der Waals surface area contributed by atoms with Gasteiger partial charge in [-0.3, -0.25) is 4.79 Å². The maximum absolute atomic E-state index is 12.8. The molecule has 104 valence electrons. The van der Waals surface area contributed by atoms with Gasteiger partial charge in [0.2, 0.25) is 5.91 Å². The summed E-state index contributed by atoms with van der Waals surface area (Å²) < 4.78 is 23.5. The minimum absolute atomic E-state index is 0.0727. The van der Waals surface area contributed by atoms with E-state index in [9.17, 15) is 9.18 Å². The van der Waals surface area contributed by atoms with E-state index in [1.54, 1.807) is 0 Å². The van der Waals surface area contributed by atoms with Crippen molar-refractivity contribution in [3.05, 3.63) is 24.0 Å². The van der Waals surface area contributed by atoms with Crippen LogP contribution in [-0.4, -0.2) is 31.8 Å². The highest BCUT2D eigenvalue weighted by Crippen LogP contribution is 2.18. The van der Waals surface area contributed by atoms with Crippen molar-refractivity contribution in [2.24, 2.45) is 0 Å². The molecule has 0 bridgehead atoms. The molecule has 1 fully saturated rings. The van der Waals surface area contributed by atoms with Crippen LogP contribution in [0.4, 0.5) is 15.8 Å². The van der Waals surface area contributed by atoms with Crippen molar-refractivity contribution in [1.82, 2.24) is 0 Å². The molecule has 2 rings (SSSR count). The van der Waals surface area contributed by atoms with Gasteiger partial charge in [0, 0.05) is 6.61 Å². The lowest BCUT2D eigenvalue weighted by molar-refractivity contribution is -0.121. The first-order valence-corrected chi connectivity index (χ1v) is 6.19. The van der Waals surface area contributed by atoms with Gasteiger partial charge in [0.05, 0.1) is 24.1 Å². The number of nitrogens with two attached hydrogens (primary N) is 1. The van der Waals surface area contributed by atoms with Gasteiger partial charge in [-0.2, -0.15) is 0 Å². The molecule has 1 atom stereocenters. The van der Waals surface area contributed by atoms with Crippen LogP contribution in [0.15, 0.2) is 18.2 Å². The van der Waals surface area contributed by atoms with Gasteiger partial charge in [0.1, 0.15) is 12.4 Å². The Morgan fingerprint density at radius 1 is 1.58 bits per heavy atom. The van der Waals surface area contributed by atoms with E-state index in [1.165, 1.54) is 12.1 Å². The Bertz CT molecular complexity index is 448. The van der Waals surface area contributed by atoms with Crippen LogP contribution >= 0.6 is 0 Å². The van der Waals surface area contributed by atoms with Crippen LogP contribution in [0.5, 0.6) is 0 Å². The number of carbonyl (C=O) groups is 1. The van der Waals surface area contributed by atoms with Crippen LogP contribution in [-0.2, 0) is 14.3 Å². The third-order valence-electron chi connectivity index (χ3n) is 2.85. The summed E-state index contributed by atoms with van der Waals surface area (Å²) in [4.78, 5) is 11.6. The van der Waals surface area contributed by atoms with E-state index in [-0.39, 0.29) is 24.3 Å². The molecule has 1 amide bonds. The number of benzene rings is 1. The topological polar surface area (TPSA) is 73.6 Å². The van der Waals surface area contributed by atoms with E-state index in [1.807, 2.05) is 0 Å². The number of nitrogens with one attached hydrogen (secondary N) is 1. The molecule has 1 heterocycles. The fourth-order valence-corrected chi connectivity index (χ4v) is 1.89. The van der Waals surface area contributed by atoms with Crippen LogP contribution in [0, 0.1) is 5.82 Å². The lowest BCUT2D eigenvalue weighted by Crippen LogP contribution is -2.22. The van der Waals surface area contributed by atoms with E-state index in [4.69, 9.17) is 15.2 Å². The maximum atomic E-state index is 12.8. The molecule has 1 aromatic rings. The van der Waals surface area contributed by atoms with Crippen LogP contribution in [0.3, 0.4) is 0 Å². The molecule has 19 heavy (non-hydrogen) atoms. The molecule has 3 N–H and O–H groups in total. The predicted molar refractivity (Wildman–Crippen MR) is 69.2 cm³/mol. The van der Waals surface area contributed by atoms with Crippen molar-refractivity contribution in [3.8, 4) is 0 Å². The van der Waals surface area contributed by atoms with Crippen LogP contribution < -0.4 is 11.1 Å². The first-order valence-electron chi connectivity index (χ1n) is 6.19. The first-order chi connectivity index (χ1) is 9.15. The van der Waals surface area contributed by atoms with Crippen molar-refractivity contribution < 1.29 is 18.7 Å². The van der Waals surface area contributed by atoms with Gasteiger partial charge in [-0.1, -0.05) is 0 Å². The second-order valence-corrected chi connectivity index (χ2v) is 4.43. The highest BCUT2D eigenvalue weighted by Gasteiger charge is 2.16. The highest BCUT2D eigenvalue weighted by atomic mass is 19.1. The van der Waals surface area contributed by atoms with Gasteiger partial charge in [0.15, 0.2) is 0 Å². The largest absolute Gasteiger partial charge is 0.397 e. The number of ether oxygens (including phenoxy) is 2. The molecular formula is C13H17FN2O3. The Labute approximate surface area is 110 Å². The summed E-state index contributed by atoms with van der Waals surface area (Å²) in [5.74, 6) is -0.763. The number of anilines is 2. The molecule has 0 aliphatic carbocycles. The summed E-state index contributed by atoms with van der Waals surface area (Å²) in [5.41, 5.74) is 6.15. The summed E-state index contributed by atoms with van der Waals surface area (Å²) >= 11 is 0. The molecule has 0 saturated carbocycles. The lowest BCUT2D eigenvalue weighted by atomic mass is 10.2. The van der Waals surface area contributed by atoms with Crippen molar-refractivity contribution >= 4 is 17.3 Å². The van der Waals surface area contributed by atoms with Crippen LogP contribution in [0.2, 0.25) is 0 Å². The standard InChI is InChI=1S/C13H17FN2O3/c14-9-3-4-12(11(15)6-9)16-13(17)8-18-7-10-2-1-5-19-10/h3-4,6,10H,1-2,5,7-8,15H2,(H,16,17). The summed E-state index contributed by atoms with van der Waals surface area (Å²) in [5, 5.41) is 2.57. The van der Waals surface area contributed by atoms with Crippen molar-refractivity contribution in [1.29, 1.82) is 0 Å². The summed E-state index contributed by atoms with van der Waals surface area (Å²) in [6.07, 6.45) is 2.09. The average molecular weight is 268 g/mol. The molecule has 5 nitrogen and oxygen atoms in total. The minimum Gasteiger partial charge on any atom is -0.397 e. The maximum Gasteiger partial charge on any atom is 0.250 e. The SMILES string of the molecule is Nc1cc(F)ccc1NC(=O)COCC1CCCO1. The smallest absolute Gasteiger partial charge is 0.250 e. The molecule has 1 aliphatic heterocycles. The summed E-state index contributed by atoms with van der Waals surface area (Å²) in [6.45, 7) is 1.09.